The summed E-state index contributed by atoms with van der Waals surface area (Å²) in [5.41, 5.74) is 5.41. The zero-order valence-corrected chi connectivity index (χ0v) is 10.8. The van der Waals surface area contributed by atoms with E-state index < -0.39 is 10.0 Å². The predicted octanol–water partition coefficient (Wildman–Crippen LogP) is 0.321. The van der Waals surface area contributed by atoms with Gasteiger partial charge < -0.3 is 10.5 Å². The molecule has 6 nitrogen and oxygen atoms in total. The number of hydrogen-bond donors (Lipinski definition) is 1. The predicted molar refractivity (Wildman–Crippen MR) is 65.0 cm³/mol. The number of methoxy groups -OCH3 is 1. The van der Waals surface area contributed by atoms with Crippen LogP contribution in [-0.2, 0) is 14.8 Å². The lowest BCUT2D eigenvalue weighted by atomic mass is 10.4. The van der Waals surface area contributed by atoms with Gasteiger partial charge in [0.2, 0.25) is 10.0 Å². The number of anilines is 1. The zero-order chi connectivity index (χ0) is 12.9. The Balaban J connectivity index is 2.76. The molecule has 0 saturated carbocycles. The Morgan fingerprint density at radius 3 is 2.71 bits per heavy atom. The second-order valence-electron chi connectivity index (χ2n) is 3.59. The van der Waals surface area contributed by atoms with Crippen LogP contribution in [0.5, 0.6) is 0 Å². The van der Waals surface area contributed by atoms with Crippen molar-refractivity contribution in [3.8, 4) is 0 Å². The number of nitrogen functional groups attached to an aromatic ring is 1. The minimum absolute atomic E-state index is 0.145. The average Bonchev–Trinajstić information content (AvgIpc) is 2.29. The van der Waals surface area contributed by atoms with Gasteiger partial charge in [-0.25, -0.2) is 17.7 Å². The molecule has 0 spiro atoms. The average molecular weight is 259 g/mol. The molecule has 0 aliphatic carbocycles. The van der Waals surface area contributed by atoms with Crippen LogP contribution < -0.4 is 5.73 Å². The summed E-state index contributed by atoms with van der Waals surface area (Å²) in [6.45, 7) is 0.931. The van der Waals surface area contributed by atoms with Crippen molar-refractivity contribution in [2.24, 2.45) is 0 Å². The van der Waals surface area contributed by atoms with E-state index in [0.29, 0.717) is 25.4 Å². The van der Waals surface area contributed by atoms with Crippen molar-refractivity contribution in [3.63, 3.8) is 0 Å². The van der Waals surface area contributed by atoms with Gasteiger partial charge in [0, 0.05) is 33.5 Å². The third-order valence-corrected chi connectivity index (χ3v) is 4.13. The number of sulfonamides is 1. The molecule has 0 aliphatic rings. The van der Waals surface area contributed by atoms with Crippen molar-refractivity contribution in [1.82, 2.24) is 9.29 Å². The second kappa shape index (κ2) is 5.95. The van der Waals surface area contributed by atoms with Crippen molar-refractivity contribution in [3.05, 3.63) is 18.3 Å². The van der Waals surface area contributed by atoms with Crippen molar-refractivity contribution >= 4 is 15.8 Å². The van der Waals surface area contributed by atoms with Gasteiger partial charge >= 0.3 is 0 Å². The van der Waals surface area contributed by atoms with Gasteiger partial charge in [-0.15, -0.1) is 0 Å². The molecule has 0 amide bonds. The summed E-state index contributed by atoms with van der Waals surface area (Å²) in [6, 6.07) is 2.92. The Labute approximate surface area is 101 Å². The summed E-state index contributed by atoms with van der Waals surface area (Å²) < 4.78 is 30.2. The molecule has 2 N–H and O–H groups in total. The Kier molecular flexibility index (Phi) is 4.86. The van der Waals surface area contributed by atoms with Gasteiger partial charge in [-0.3, -0.25) is 0 Å². The fraction of sp³-hybridized carbons (Fsp3) is 0.500. The Bertz CT molecular complexity index is 444. The van der Waals surface area contributed by atoms with Crippen molar-refractivity contribution < 1.29 is 13.2 Å². The van der Waals surface area contributed by atoms with Crippen LogP contribution in [-0.4, -0.2) is 45.0 Å². The number of pyridine rings is 1. The van der Waals surface area contributed by atoms with Gasteiger partial charge in [0.05, 0.1) is 0 Å². The molecular formula is C10H17N3O3S. The number of aromatic nitrogens is 1. The van der Waals surface area contributed by atoms with Gasteiger partial charge in [-0.05, 0) is 18.6 Å². The summed E-state index contributed by atoms with van der Waals surface area (Å²) in [4.78, 5) is 3.92. The van der Waals surface area contributed by atoms with E-state index in [0.717, 1.165) is 0 Å². The molecule has 0 fully saturated rings. The van der Waals surface area contributed by atoms with E-state index in [1.807, 2.05) is 0 Å². The first kappa shape index (κ1) is 13.9. The van der Waals surface area contributed by atoms with Gasteiger partial charge in [0.25, 0.3) is 0 Å². The molecule has 0 unspecified atom stereocenters. The Morgan fingerprint density at radius 1 is 1.47 bits per heavy atom. The van der Waals surface area contributed by atoms with Crippen LogP contribution in [0.4, 0.5) is 5.82 Å². The molecule has 0 aromatic carbocycles. The van der Waals surface area contributed by atoms with Gasteiger partial charge in [0.15, 0.2) is 0 Å². The van der Waals surface area contributed by atoms with E-state index in [2.05, 4.69) is 4.98 Å². The maximum Gasteiger partial charge on any atom is 0.244 e. The number of ether oxygens (including phenoxy) is 1. The van der Waals surface area contributed by atoms with Crippen molar-refractivity contribution in [2.75, 3.05) is 33.0 Å². The minimum atomic E-state index is -3.48. The highest BCUT2D eigenvalue weighted by atomic mass is 32.2. The third kappa shape index (κ3) is 3.65. The van der Waals surface area contributed by atoms with E-state index >= 15 is 0 Å². The molecule has 1 rings (SSSR count). The SMILES string of the molecule is COCCCN(C)S(=O)(=O)c1ccc(N)nc1. The zero-order valence-electron chi connectivity index (χ0n) is 9.96. The Morgan fingerprint density at radius 2 is 2.18 bits per heavy atom. The maximum absolute atomic E-state index is 12.0. The summed E-state index contributed by atoms with van der Waals surface area (Å²) in [5, 5.41) is 0. The van der Waals surface area contributed by atoms with Gasteiger partial charge in [0.1, 0.15) is 10.7 Å². The lowest BCUT2D eigenvalue weighted by Crippen LogP contribution is -2.28. The first-order valence-corrected chi connectivity index (χ1v) is 6.59. The van der Waals surface area contributed by atoms with Gasteiger partial charge in [-0.1, -0.05) is 0 Å². The molecule has 0 atom stereocenters. The Hall–Kier alpha value is -1.18. The van der Waals surface area contributed by atoms with Crippen LogP contribution in [0, 0.1) is 0 Å². The summed E-state index contributed by atoms with van der Waals surface area (Å²) in [5.74, 6) is 0.297. The standard InChI is InChI=1S/C10H17N3O3S/c1-13(6-3-7-16-2)17(14,15)9-4-5-10(11)12-8-9/h4-5,8H,3,6-7H2,1-2H3,(H2,11,12). The highest BCUT2D eigenvalue weighted by Crippen LogP contribution is 2.14. The first-order chi connectivity index (χ1) is 7.98. The summed E-state index contributed by atoms with van der Waals surface area (Å²) in [7, 11) is -0.366. The van der Waals surface area contributed by atoms with Crippen LogP contribution in [0.3, 0.4) is 0 Å². The fourth-order valence-electron chi connectivity index (χ4n) is 1.28. The molecule has 17 heavy (non-hydrogen) atoms. The smallest absolute Gasteiger partial charge is 0.244 e. The van der Waals surface area contributed by atoms with E-state index in [1.165, 1.54) is 29.7 Å². The molecule has 7 heteroatoms. The number of rotatable bonds is 6. The minimum Gasteiger partial charge on any atom is -0.385 e. The number of nitrogens with zero attached hydrogens (tertiary/aromatic N) is 2. The quantitative estimate of drug-likeness (QED) is 0.744. The van der Waals surface area contributed by atoms with E-state index in [4.69, 9.17) is 10.5 Å². The molecule has 1 aromatic heterocycles. The fourth-order valence-corrected chi connectivity index (χ4v) is 2.43. The molecule has 0 saturated heterocycles. The van der Waals surface area contributed by atoms with Gasteiger partial charge in [-0.2, -0.15) is 0 Å². The molecule has 0 aliphatic heterocycles. The topological polar surface area (TPSA) is 85.5 Å². The van der Waals surface area contributed by atoms with Crippen LogP contribution in [0.25, 0.3) is 0 Å². The monoisotopic (exact) mass is 259 g/mol. The molecular weight excluding hydrogens is 242 g/mol. The molecule has 1 heterocycles. The number of nitrogens with two attached hydrogens (primary N) is 1. The van der Waals surface area contributed by atoms with Crippen LogP contribution in [0.1, 0.15) is 6.42 Å². The first-order valence-electron chi connectivity index (χ1n) is 5.15. The van der Waals surface area contributed by atoms with Crippen LogP contribution in [0.15, 0.2) is 23.2 Å². The normalized spacial score (nSPS) is 11.9. The summed E-state index contributed by atoms with van der Waals surface area (Å²) in [6.07, 6.45) is 1.91. The highest BCUT2D eigenvalue weighted by Gasteiger charge is 2.20. The third-order valence-electron chi connectivity index (χ3n) is 2.29. The molecule has 96 valence electrons. The number of hydrogen-bond acceptors (Lipinski definition) is 5. The van der Waals surface area contributed by atoms with E-state index in [-0.39, 0.29) is 4.90 Å². The maximum atomic E-state index is 12.0. The summed E-state index contributed by atoms with van der Waals surface area (Å²) >= 11 is 0. The largest absolute Gasteiger partial charge is 0.385 e. The highest BCUT2D eigenvalue weighted by molar-refractivity contribution is 7.89. The van der Waals surface area contributed by atoms with E-state index in [1.54, 1.807) is 7.11 Å². The second-order valence-corrected chi connectivity index (χ2v) is 5.64. The van der Waals surface area contributed by atoms with Crippen molar-refractivity contribution in [1.29, 1.82) is 0 Å². The lowest BCUT2D eigenvalue weighted by Gasteiger charge is -2.16. The molecule has 1 aromatic rings. The van der Waals surface area contributed by atoms with E-state index in [9.17, 15) is 8.42 Å². The lowest BCUT2D eigenvalue weighted by molar-refractivity contribution is 0.189. The molecule has 0 radical (unpaired) electrons. The van der Waals surface area contributed by atoms with Crippen LogP contribution >= 0.6 is 0 Å². The van der Waals surface area contributed by atoms with Crippen LogP contribution in [0.2, 0.25) is 0 Å². The van der Waals surface area contributed by atoms with Crippen molar-refractivity contribution in [2.45, 2.75) is 11.3 Å². The molecule has 0 bridgehead atoms.